The molecule has 2 heterocycles. The Bertz CT molecular complexity index is 4410. The van der Waals surface area contributed by atoms with Crippen molar-refractivity contribution in [2.24, 2.45) is 0 Å². The normalized spacial score (nSPS) is 21.3. The SMILES string of the molecule is [2H]c1nc(-c2[c-]c(-c3cccc4c3nc(-c3cc(C(C([2H])([2H])[2H])(C([2H])([2H])[2H])C([2H])([2H])[2H])cc(C(C([2H])([2H])[2H])(C([2H])([2H])[2H])C([2H])([2H])[2H])c3O)n4-c3ccc(-c4cc(C([2H])(C)C)cc(C([2H])(C)C)c4)cc3C([2H])([2H])[2H])cc(C(C)(C)C)c2)c([2H])c(-c2c([2H])c([2H])c(C([2H])([2H])[2H])c([2H])c2[2H])c1[2H].[Pt]. The Morgan fingerprint density at radius 2 is 1.36 bits per heavy atom. The molecule has 0 saturated heterocycles. The summed E-state index contributed by atoms with van der Waals surface area (Å²) in [5.74, 6) is -5.10. The van der Waals surface area contributed by atoms with Gasteiger partial charge >= 0.3 is 0 Å². The maximum atomic E-state index is 13.1. The van der Waals surface area contributed by atoms with Crippen LogP contribution in [0.2, 0.25) is 0 Å². The minimum Gasteiger partial charge on any atom is -0.507 e. The van der Waals surface area contributed by atoms with Gasteiger partial charge in [-0.1, -0.05) is 179 Å². The average Bonchev–Trinajstić information content (AvgIpc) is 0.828. The molecule has 0 radical (unpaired) electrons. The van der Waals surface area contributed by atoms with E-state index in [-0.39, 0.29) is 60.4 Å². The number of hydrogen-bond donors (Lipinski definition) is 1. The number of pyridine rings is 1. The van der Waals surface area contributed by atoms with Gasteiger partial charge < -0.3 is 5.11 Å². The summed E-state index contributed by atoms with van der Waals surface area (Å²) in [4.78, 5) is 9.20. The molecule has 0 aliphatic carbocycles. The van der Waals surface area contributed by atoms with Gasteiger partial charge in [0.25, 0.3) is 0 Å². The van der Waals surface area contributed by atoms with E-state index in [1.54, 1.807) is 72.7 Å². The molecule has 4 nitrogen and oxygen atoms in total. The molecule has 6 aromatic carbocycles. The van der Waals surface area contributed by atoms with E-state index >= 15 is 0 Å². The fourth-order valence-electron chi connectivity index (χ4n) is 7.61. The van der Waals surface area contributed by atoms with Crippen molar-refractivity contribution in [3.63, 3.8) is 0 Å². The Morgan fingerprint density at radius 3 is 2.00 bits per heavy atom. The molecule has 0 bridgehead atoms. The number of imidazole rings is 1. The number of para-hydroxylation sites is 1. The zero-order valence-corrected chi connectivity index (χ0v) is 39.9. The number of nitrogens with zero attached hydrogens (tertiary/aromatic N) is 3. The smallest absolute Gasteiger partial charge is 0.148 e. The van der Waals surface area contributed by atoms with E-state index in [1.807, 2.05) is 0 Å². The fraction of sp³-hybridized carbons (Fsp3) is 0.323. The molecule has 0 saturated carbocycles. The third kappa shape index (κ3) is 10.0. The van der Waals surface area contributed by atoms with Crippen LogP contribution in [0, 0.1) is 19.8 Å². The molecule has 0 atom stereocenters. The van der Waals surface area contributed by atoms with Crippen LogP contribution in [-0.4, -0.2) is 19.6 Å². The van der Waals surface area contributed by atoms with Gasteiger partial charge in [0.2, 0.25) is 0 Å². The zero-order chi connectivity index (χ0) is 75.6. The molecule has 0 aliphatic heterocycles. The number of hydrogen-bond acceptors (Lipinski definition) is 3. The van der Waals surface area contributed by atoms with Gasteiger partial charge in [0.15, 0.2) is 0 Å². The Hall–Kier alpha value is -5.57. The van der Waals surface area contributed by atoms with Crippen molar-refractivity contribution in [1.29, 1.82) is 0 Å². The van der Waals surface area contributed by atoms with Gasteiger partial charge in [0.05, 0.1) is 31.9 Å². The third-order valence-corrected chi connectivity index (χ3v) is 11.3. The molecule has 0 unspecified atom stereocenters. The maximum absolute atomic E-state index is 13.1. The van der Waals surface area contributed by atoms with Gasteiger partial charge in [-0.15, -0.1) is 29.3 Å². The molecule has 0 spiro atoms. The van der Waals surface area contributed by atoms with Crippen molar-refractivity contribution in [3.05, 3.63) is 166 Å². The van der Waals surface area contributed by atoms with E-state index < -0.39 is 187 Å². The van der Waals surface area contributed by atoms with E-state index in [0.29, 0.717) is 28.3 Å². The molecule has 8 rings (SSSR count). The summed E-state index contributed by atoms with van der Waals surface area (Å²) >= 11 is 0. The minimum atomic E-state index is -4.38. The van der Waals surface area contributed by atoms with E-state index in [0.717, 1.165) is 4.57 Å². The molecule has 0 aliphatic rings. The Kier molecular flexibility index (Phi) is 6.14. The van der Waals surface area contributed by atoms with Gasteiger partial charge in [0.1, 0.15) is 11.6 Å². The van der Waals surface area contributed by atoms with Crippen LogP contribution in [0.5, 0.6) is 5.75 Å². The predicted molar refractivity (Wildman–Crippen MR) is 280 cm³/mol. The number of aromatic hydroxyl groups is 1. The molecule has 2 aromatic heterocycles. The molecule has 8 aromatic rings. The zero-order valence-electron chi connectivity index (χ0n) is 70.6. The first-order valence-corrected chi connectivity index (χ1v) is 20.8. The molecule has 67 heavy (non-hydrogen) atoms. The van der Waals surface area contributed by atoms with Crippen molar-refractivity contribution < 1.29 is 71.4 Å². The van der Waals surface area contributed by atoms with Crippen LogP contribution < -0.4 is 0 Å². The second-order valence-corrected chi connectivity index (χ2v) is 17.8. The van der Waals surface area contributed by atoms with E-state index in [4.69, 9.17) is 44.7 Å². The number of aromatic nitrogens is 3. The van der Waals surface area contributed by atoms with Crippen molar-refractivity contribution in [2.75, 3.05) is 0 Å². The molecule has 1 N–H and O–H groups in total. The van der Waals surface area contributed by atoms with Gasteiger partial charge in [-0.2, -0.15) is 0 Å². The van der Waals surface area contributed by atoms with Crippen LogP contribution >= 0.6 is 0 Å². The summed E-state index contributed by atoms with van der Waals surface area (Å²) < 4.78 is 291. The summed E-state index contributed by atoms with van der Waals surface area (Å²) in [5.41, 5.74) is -16.7. The van der Waals surface area contributed by atoms with E-state index in [9.17, 15) is 10.6 Å². The van der Waals surface area contributed by atoms with E-state index in [1.165, 1.54) is 42.5 Å². The summed E-state index contributed by atoms with van der Waals surface area (Å²) in [6.07, 6.45) is -0.862. The second kappa shape index (κ2) is 18.5. The quantitative estimate of drug-likeness (QED) is 0.154. The molecular formula is C62H68N3OPt-. The van der Waals surface area contributed by atoms with Gasteiger partial charge in [0, 0.05) is 74.1 Å². The second-order valence-electron chi connectivity index (χ2n) is 17.8. The maximum Gasteiger partial charge on any atom is 0.148 e. The van der Waals surface area contributed by atoms with Crippen LogP contribution in [0.4, 0.5) is 0 Å². The van der Waals surface area contributed by atoms with E-state index in [2.05, 4.69) is 11.1 Å². The predicted octanol–water partition coefficient (Wildman–Crippen LogP) is 17.0. The van der Waals surface area contributed by atoms with Crippen LogP contribution in [0.25, 0.3) is 72.7 Å². The number of phenols is 1. The average molecular weight is 1100 g/mol. The summed E-state index contributed by atoms with van der Waals surface area (Å²) in [5, 5.41) is 13.1. The first-order chi connectivity index (χ1) is 44.4. The van der Waals surface area contributed by atoms with Gasteiger partial charge in [-0.05, 0) is 117 Å². The Morgan fingerprint density at radius 1 is 0.672 bits per heavy atom. The largest absolute Gasteiger partial charge is 0.507 e. The number of aryl methyl sites for hydroxylation is 1. The van der Waals surface area contributed by atoms with Gasteiger partial charge in [-0.25, -0.2) is 4.98 Å². The number of fused-ring (bicyclic) bond motifs is 1. The van der Waals surface area contributed by atoms with Crippen molar-refractivity contribution in [2.45, 2.75) is 131 Å². The number of benzene rings is 6. The number of phenolic OH excluding ortho intramolecular Hbond substituents is 1. The van der Waals surface area contributed by atoms with Crippen molar-refractivity contribution >= 4 is 11.0 Å². The van der Waals surface area contributed by atoms with Crippen LogP contribution in [0.15, 0.2) is 121 Å². The van der Waals surface area contributed by atoms with Crippen LogP contribution in [0.1, 0.15) is 186 Å². The fourth-order valence-corrected chi connectivity index (χ4v) is 7.61. The molecular weight excluding hydrogens is 998 g/mol. The summed E-state index contributed by atoms with van der Waals surface area (Å²) in [7, 11) is 0. The number of rotatable bonds is 8. The van der Waals surface area contributed by atoms with Crippen molar-refractivity contribution in [3.8, 4) is 67.5 Å². The Labute approximate surface area is 461 Å². The topological polar surface area (TPSA) is 50.9 Å². The molecule has 5 heteroatoms. The summed E-state index contributed by atoms with van der Waals surface area (Å²) in [6, 6.07) is 14.1. The molecule has 348 valence electrons. The first-order valence-electron chi connectivity index (χ1n) is 37.3. The van der Waals surface area contributed by atoms with Crippen molar-refractivity contribution in [1.82, 2.24) is 14.5 Å². The van der Waals surface area contributed by atoms with Gasteiger partial charge in [-0.3, -0.25) is 9.55 Å². The van der Waals surface area contributed by atoms with Crippen LogP contribution in [-0.2, 0) is 37.3 Å². The third-order valence-electron chi connectivity index (χ3n) is 11.3. The van der Waals surface area contributed by atoms with Crippen LogP contribution in [0.3, 0.4) is 0 Å². The Balaban J connectivity index is 0.0000140. The minimum absolute atomic E-state index is 0. The summed E-state index contributed by atoms with van der Waals surface area (Å²) in [6.45, 7) is -20.6. The first kappa shape index (κ1) is 22.2. The molecule has 0 amide bonds. The monoisotopic (exact) mass is 1100 g/mol. The standard InChI is InChI=1S/C62H68N3O.Pt/c1-37(2)44-28-45(38(3)4)30-46(29-44)42-23-24-55(40(6)27-42)65-56-18-16-17-51(57(56)64-59(65)52-35-50(61(10,11)12)36-53(58(52)66)62(13,14)15)47-31-48(33-49(32-47)60(7,8)9)54-34-43(25-26-63-54)41-21-19-39(5)20-22-41;/h16-30,32-38,66H,1-15H3;/q-1;/i5D3,6D3,10D3,11D3,12D3,13D3,14D3,15D3,19D,20D,21D,22D,25D,26D,34D,37D,38D;. The molecule has 0 fully saturated rings.